The first-order valence-corrected chi connectivity index (χ1v) is 22.9. The van der Waals surface area contributed by atoms with Gasteiger partial charge in [-0.3, -0.25) is 19.2 Å². The predicted molar refractivity (Wildman–Crippen MR) is 231 cm³/mol. The van der Waals surface area contributed by atoms with Crippen molar-refractivity contribution in [2.75, 3.05) is 18.8 Å². The van der Waals surface area contributed by atoms with E-state index in [0.717, 1.165) is 56.9 Å². The maximum atomic E-state index is 14.2. The fourth-order valence-corrected chi connectivity index (χ4v) is 14.9. The van der Waals surface area contributed by atoms with Gasteiger partial charge in [-0.15, -0.1) is 0 Å². The summed E-state index contributed by atoms with van der Waals surface area (Å²) in [6, 6.07) is 3.26. The second-order valence-electron chi connectivity index (χ2n) is 23.1. The number of amides is 1. The summed E-state index contributed by atoms with van der Waals surface area (Å²) in [6.45, 7) is 24.9. The number of pyridine rings is 1. The van der Waals surface area contributed by atoms with Crippen molar-refractivity contribution in [1.29, 1.82) is 0 Å². The molecule has 7 rings (SSSR count). The number of carboxylic acids is 1. The number of esters is 1. The molecule has 0 saturated heterocycles. The third-order valence-corrected chi connectivity index (χ3v) is 18.6. The van der Waals surface area contributed by atoms with Gasteiger partial charge in [-0.1, -0.05) is 67.9 Å². The Kier molecular flexibility index (Phi) is 11.1. The van der Waals surface area contributed by atoms with Gasteiger partial charge in [0.05, 0.1) is 23.5 Å². The highest BCUT2D eigenvalue weighted by Crippen LogP contribution is 2.77. The molecule has 0 aliphatic heterocycles. The van der Waals surface area contributed by atoms with Crippen LogP contribution in [0, 0.1) is 68.0 Å². The van der Waals surface area contributed by atoms with Crippen molar-refractivity contribution < 1.29 is 34.1 Å². The van der Waals surface area contributed by atoms with Crippen LogP contribution in [0.5, 0.6) is 0 Å². The molecule has 1 amide bonds. The predicted octanol–water partition coefficient (Wildman–Crippen LogP) is 7.76. The zero-order chi connectivity index (χ0) is 44.2. The first-order valence-electron chi connectivity index (χ1n) is 22.9. The molecule has 1 aromatic heterocycles. The van der Waals surface area contributed by atoms with Crippen molar-refractivity contribution in [2.24, 2.45) is 68.0 Å². The summed E-state index contributed by atoms with van der Waals surface area (Å²) in [5, 5.41) is 28.6. The van der Waals surface area contributed by atoms with Gasteiger partial charge in [0.25, 0.3) is 5.91 Å². The van der Waals surface area contributed by atoms with E-state index in [0.29, 0.717) is 49.1 Å². The number of carbonyl (C=O) groups excluding carboxylic acids is 3. The SMILES string of the molecule is CC(C)C1=C2[C@H]3CC[C@@H]4[C@@]5(C)CC[C@H](OC(=O)[C@H]6C[C@@H](C(=O)O)C6(C)C)C(C)(C)[C@@H]5CC[C@@]4(C)[C@]3(C)CC[C@@]2([C@@H](O)CNCC(C)(C)NC(=O)c2ccc(N)nc2)CC1=O. The number of nitrogen functional groups attached to an aromatic ring is 1. The Morgan fingerprint density at radius 1 is 0.917 bits per heavy atom. The molecular weight excluding hydrogens is 757 g/mol. The average Bonchev–Trinajstić information content (AvgIpc) is 3.45. The molecule has 11 atom stereocenters. The molecule has 11 nitrogen and oxygen atoms in total. The van der Waals surface area contributed by atoms with E-state index >= 15 is 0 Å². The van der Waals surface area contributed by atoms with Gasteiger partial charge in [-0.2, -0.15) is 0 Å². The number of ketones is 1. The molecule has 0 bridgehead atoms. The first-order chi connectivity index (χ1) is 27.8. The highest BCUT2D eigenvalue weighted by atomic mass is 16.5. The Morgan fingerprint density at radius 3 is 2.23 bits per heavy atom. The van der Waals surface area contributed by atoms with E-state index in [1.54, 1.807) is 12.1 Å². The van der Waals surface area contributed by atoms with E-state index < -0.39 is 40.3 Å². The molecule has 5 fully saturated rings. The Balaban J connectivity index is 1.08. The van der Waals surface area contributed by atoms with E-state index in [9.17, 15) is 29.4 Å². The molecule has 332 valence electrons. The summed E-state index contributed by atoms with van der Waals surface area (Å²) in [7, 11) is 0. The van der Waals surface area contributed by atoms with Gasteiger partial charge in [-0.25, -0.2) is 4.98 Å². The van der Waals surface area contributed by atoms with Crippen LogP contribution in [0.3, 0.4) is 0 Å². The summed E-state index contributed by atoms with van der Waals surface area (Å²) >= 11 is 0. The van der Waals surface area contributed by atoms with Crippen LogP contribution in [-0.4, -0.2) is 69.7 Å². The van der Waals surface area contributed by atoms with Gasteiger partial charge < -0.3 is 31.3 Å². The first kappa shape index (κ1) is 44.7. The zero-order valence-electron chi connectivity index (χ0n) is 38.3. The van der Waals surface area contributed by atoms with E-state index in [4.69, 9.17) is 10.5 Å². The van der Waals surface area contributed by atoms with Gasteiger partial charge in [0.2, 0.25) is 0 Å². The van der Waals surface area contributed by atoms with Crippen LogP contribution >= 0.6 is 0 Å². The van der Waals surface area contributed by atoms with Gasteiger partial charge in [0.1, 0.15) is 11.9 Å². The average molecular weight is 831 g/mol. The molecule has 0 aromatic carbocycles. The lowest BCUT2D eigenvalue weighted by molar-refractivity contribution is -0.238. The van der Waals surface area contributed by atoms with Crippen molar-refractivity contribution >= 4 is 29.4 Å². The van der Waals surface area contributed by atoms with Crippen LogP contribution in [0.15, 0.2) is 29.5 Å². The number of anilines is 1. The van der Waals surface area contributed by atoms with Crippen LogP contribution in [0.25, 0.3) is 0 Å². The van der Waals surface area contributed by atoms with E-state index in [2.05, 4.69) is 64.1 Å². The van der Waals surface area contributed by atoms with Crippen LogP contribution in [0.1, 0.15) is 151 Å². The van der Waals surface area contributed by atoms with Crippen molar-refractivity contribution in [1.82, 2.24) is 15.6 Å². The van der Waals surface area contributed by atoms with Gasteiger partial charge in [0, 0.05) is 42.1 Å². The molecular formula is C49H74N4O7. The molecule has 11 heteroatoms. The molecule has 6 aliphatic rings. The number of hydrogen-bond donors (Lipinski definition) is 5. The summed E-state index contributed by atoms with van der Waals surface area (Å²) < 4.78 is 6.42. The topological polar surface area (TPSA) is 181 Å². The number of aliphatic carboxylic acids is 1. The molecule has 6 N–H and O–H groups in total. The Labute approximate surface area is 358 Å². The van der Waals surface area contributed by atoms with Gasteiger partial charge >= 0.3 is 11.9 Å². The number of aliphatic hydroxyl groups is 1. The highest BCUT2D eigenvalue weighted by molar-refractivity contribution is 6.01. The number of nitrogens with one attached hydrogen (secondary N) is 2. The van der Waals surface area contributed by atoms with Crippen LogP contribution in [0.4, 0.5) is 5.82 Å². The summed E-state index contributed by atoms with van der Waals surface area (Å²) in [5.74, 6) is -0.621. The number of aromatic nitrogens is 1. The standard InChI is InChI=1S/C49H74N4O7/c1-27(2)38-32(54)23-49(35(55)25-51-26-43(3,4)53-40(56)28-12-15-37(50)52-24-28)21-20-47(10)29(39(38)49)13-14-34-46(9)18-17-36(45(7,8)33(46)16-19-48(34,47)11)60-42(59)31-22-30(41(57)58)44(31,5)6/h12,15,24,27,29-31,33-36,51,55H,13-14,16-23,25-26H2,1-11H3,(H2,50,52)(H,53,56)(H,57,58)/t29-,30+,31-,33+,34-,35+,36+,46+,47-,48-,49+/m1/s1. The number of ether oxygens (including phenoxy) is 1. The lowest BCUT2D eigenvalue weighted by Gasteiger charge is -2.72. The van der Waals surface area contributed by atoms with Crippen LogP contribution in [-0.2, 0) is 19.1 Å². The third-order valence-electron chi connectivity index (χ3n) is 18.6. The number of allylic oxidation sites excluding steroid dienone is 1. The summed E-state index contributed by atoms with van der Waals surface area (Å²) in [5.41, 5.74) is 6.22. The quantitative estimate of drug-likeness (QED) is 0.138. The fourth-order valence-electron chi connectivity index (χ4n) is 14.9. The number of Topliss-reactive ketones (excluding diaryl/α,β-unsaturated/α-hetero) is 1. The largest absolute Gasteiger partial charge is 0.481 e. The summed E-state index contributed by atoms with van der Waals surface area (Å²) in [6.07, 6.45) is 8.81. The lowest BCUT2D eigenvalue weighted by atomic mass is 9.33. The second-order valence-corrected chi connectivity index (χ2v) is 23.1. The Morgan fingerprint density at radius 2 is 1.62 bits per heavy atom. The molecule has 0 unspecified atom stereocenters. The highest BCUT2D eigenvalue weighted by Gasteiger charge is 2.71. The van der Waals surface area contributed by atoms with Crippen molar-refractivity contribution in [3.05, 3.63) is 35.0 Å². The molecule has 6 aliphatic carbocycles. The molecule has 0 radical (unpaired) electrons. The molecule has 0 spiro atoms. The van der Waals surface area contributed by atoms with Gasteiger partial charge in [-0.05, 0) is 135 Å². The van der Waals surface area contributed by atoms with Crippen molar-refractivity contribution in [2.45, 2.75) is 158 Å². The third kappa shape index (κ3) is 6.76. The van der Waals surface area contributed by atoms with E-state index in [1.807, 2.05) is 27.7 Å². The van der Waals surface area contributed by atoms with E-state index in [1.165, 1.54) is 11.8 Å². The van der Waals surface area contributed by atoms with Crippen molar-refractivity contribution in [3.8, 4) is 0 Å². The zero-order valence-corrected chi connectivity index (χ0v) is 38.3. The minimum absolute atomic E-state index is 0.0148. The molecule has 1 heterocycles. The smallest absolute Gasteiger partial charge is 0.309 e. The van der Waals surface area contributed by atoms with Crippen LogP contribution < -0.4 is 16.4 Å². The molecule has 60 heavy (non-hydrogen) atoms. The van der Waals surface area contributed by atoms with Gasteiger partial charge in [0.15, 0.2) is 5.78 Å². The number of fused-ring (bicyclic) bond motifs is 7. The van der Waals surface area contributed by atoms with E-state index in [-0.39, 0.29) is 57.3 Å². The normalized spacial score (nSPS) is 38.5. The number of nitrogens with zero attached hydrogens (tertiary/aromatic N) is 1. The number of nitrogens with two attached hydrogens (primary N) is 1. The number of rotatable bonds is 11. The Bertz CT molecular complexity index is 1940. The number of carbonyl (C=O) groups is 4. The maximum absolute atomic E-state index is 14.2. The number of carboxylic acid groups (broad SMARTS) is 1. The molecule has 1 aromatic rings. The maximum Gasteiger partial charge on any atom is 0.309 e. The Hall–Kier alpha value is -3.31. The molecule has 5 saturated carbocycles. The monoisotopic (exact) mass is 831 g/mol. The number of aliphatic hydroxyl groups excluding tert-OH is 1. The number of hydrogen-bond acceptors (Lipinski definition) is 9. The lowest BCUT2D eigenvalue weighted by Crippen LogP contribution is -2.66. The minimum Gasteiger partial charge on any atom is -0.481 e. The van der Waals surface area contributed by atoms with Crippen molar-refractivity contribution in [3.63, 3.8) is 0 Å². The second kappa shape index (κ2) is 14.9. The van der Waals surface area contributed by atoms with Crippen LogP contribution in [0.2, 0.25) is 0 Å². The minimum atomic E-state index is -0.840. The fraction of sp³-hybridized carbons (Fsp3) is 0.776. The summed E-state index contributed by atoms with van der Waals surface area (Å²) in [4.78, 5) is 56.7.